The number of carbonyl (C=O) groups excluding carboxylic acids is 1. The van der Waals surface area contributed by atoms with Crippen LogP contribution in [0.15, 0.2) is 6.20 Å². The van der Waals surface area contributed by atoms with E-state index in [1.807, 2.05) is 13.8 Å². The van der Waals surface area contributed by atoms with E-state index in [-0.39, 0.29) is 5.41 Å². The van der Waals surface area contributed by atoms with Crippen LogP contribution in [0.4, 0.5) is 0 Å². The molecule has 1 heterocycles. The lowest BCUT2D eigenvalue weighted by Crippen LogP contribution is -2.19. The molecule has 1 aromatic heterocycles. The molecule has 1 unspecified atom stereocenters. The molecule has 0 spiro atoms. The van der Waals surface area contributed by atoms with Crippen molar-refractivity contribution in [3.8, 4) is 0 Å². The van der Waals surface area contributed by atoms with E-state index in [0.29, 0.717) is 0 Å². The van der Waals surface area contributed by atoms with Crippen molar-refractivity contribution in [3.05, 3.63) is 11.1 Å². The Morgan fingerprint density at radius 3 is 2.92 bits per heavy atom. The maximum atomic E-state index is 10.7. The minimum absolute atomic E-state index is 0.242. The molecule has 0 radical (unpaired) electrons. The fourth-order valence-corrected chi connectivity index (χ4v) is 1.60. The summed E-state index contributed by atoms with van der Waals surface area (Å²) >= 11 is 1.36. The van der Waals surface area contributed by atoms with Gasteiger partial charge in [0.1, 0.15) is 6.29 Å². The van der Waals surface area contributed by atoms with Gasteiger partial charge in [0.05, 0.1) is 6.20 Å². The van der Waals surface area contributed by atoms with Crippen molar-refractivity contribution in [3.63, 3.8) is 0 Å². The van der Waals surface area contributed by atoms with Gasteiger partial charge in [0, 0.05) is 10.3 Å². The molecular formula is C8H12N2OS. The van der Waals surface area contributed by atoms with Gasteiger partial charge in [-0.2, -0.15) is 0 Å². The summed E-state index contributed by atoms with van der Waals surface area (Å²) in [5.74, 6) is 0. The van der Waals surface area contributed by atoms with Crippen molar-refractivity contribution in [2.24, 2.45) is 5.41 Å². The summed E-state index contributed by atoms with van der Waals surface area (Å²) in [6, 6.07) is 0. The summed E-state index contributed by atoms with van der Waals surface area (Å²) in [6.07, 6.45) is 4.36. The molecule has 1 rings (SSSR count). The Bertz CT molecular complexity index is 248. The van der Waals surface area contributed by atoms with Crippen molar-refractivity contribution >= 4 is 17.8 Å². The van der Waals surface area contributed by atoms with Crippen LogP contribution < -0.4 is 0 Å². The fraction of sp³-hybridized carbons (Fsp3) is 0.625. The first-order valence-corrected chi connectivity index (χ1v) is 4.70. The first kappa shape index (κ1) is 9.32. The van der Waals surface area contributed by atoms with Gasteiger partial charge in [0.15, 0.2) is 0 Å². The Morgan fingerprint density at radius 1 is 1.75 bits per heavy atom. The predicted octanol–water partition coefficient (Wildman–Crippen LogP) is 1.70. The average Bonchev–Trinajstić information content (AvgIpc) is 2.57. The van der Waals surface area contributed by atoms with E-state index < -0.39 is 0 Å². The van der Waals surface area contributed by atoms with Crippen LogP contribution in [0.25, 0.3) is 0 Å². The highest BCUT2D eigenvalue weighted by molar-refractivity contribution is 7.05. The van der Waals surface area contributed by atoms with Crippen LogP contribution >= 0.6 is 11.5 Å². The predicted molar refractivity (Wildman–Crippen MR) is 48.1 cm³/mol. The lowest BCUT2D eigenvalue weighted by molar-refractivity contribution is -0.115. The molecule has 0 bridgehead atoms. The third-order valence-electron chi connectivity index (χ3n) is 2.08. The second kappa shape index (κ2) is 3.76. The van der Waals surface area contributed by atoms with E-state index in [0.717, 1.165) is 24.0 Å². The first-order chi connectivity index (χ1) is 5.70. The van der Waals surface area contributed by atoms with Crippen LogP contribution in [-0.2, 0) is 11.2 Å². The Labute approximate surface area is 76.0 Å². The van der Waals surface area contributed by atoms with Gasteiger partial charge in [-0.1, -0.05) is 18.3 Å². The van der Waals surface area contributed by atoms with Gasteiger partial charge in [0.2, 0.25) is 0 Å². The monoisotopic (exact) mass is 184 g/mol. The maximum absolute atomic E-state index is 10.7. The number of hydrogen-bond acceptors (Lipinski definition) is 4. The molecule has 1 aromatic rings. The molecular weight excluding hydrogens is 172 g/mol. The van der Waals surface area contributed by atoms with Gasteiger partial charge >= 0.3 is 0 Å². The highest BCUT2D eigenvalue weighted by Crippen LogP contribution is 2.24. The molecule has 4 heteroatoms. The largest absolute Gasteiger partial charge is 0.303 e. The molecule has 0 saturated heterocycles. The van der Waals surface area contributed by atoms with Crippen LogP contribution in [0, 0.1) is 5.41 Å². The molecule has 0 aliphatic carbocycles. The number of hydrogen-bond donors (Lipinski definition) is 0. The molecule has 0 aromatic carbocycles. The topological polar surface area (TPSA) is 42.9 Å². The molecule has 0 N–H and O–H groups in total. The third-order valence-corrected chi connectivity index (χ3v) is 2.74. The molecule has 12 heavy (non-hydrogen) atoms. The Balaban J connectivity index is 2.66. The van der Waals surface area contributed by atoms with Crippen molar-refractivity contribution in [2.45, 2.75) is 26.7 Å². The molecule has 0 aliphatic heterocycles. The summed E-state index contributed by atoms with van der Waals surface area (Å²) in [5, 5.41) is 3.73. The smallest absolute Gasteiger partial charge is 0.126 e. The summed E-state index contributed by atoms with van der Waals surface area (Å²) in [4.78, 5) is 11.8. The molecule has 0 fully saturated rings. The number of nitrogens with zero attached hydrogens (tertiary/aromatic N) is 2. The second-order valence-electron chi connectivity index (χ2n) is 3.19. The lowest BCUT2D eigenvalue weighted by Gasteiger charge is -2.18. The molecule has 3 nitrogen and oxygen atoms in total. The quantitative estimate of drug-likeness (QED) is 0.669. The van der Waals surface area contributed by atoms with E-state index >= 15 is 0 Å². The van der Waals surface area contributed by atoms with Crippen LogP contribution in [0.2, 0.25) is 0 Å². The standard InChI is InChI=1S/C8H12N2OS/c1-3-8(2,6-11)4-7-5-9-10-12-7/h5-6H,3-4H2,1-2H3. The lowest BCUT2D eigenvalue weighted by atomic mass is 9.85. The van der Waals surface area contributed by atoms with Gasteiger partial charge < -0.3 is 4.79 Å². The average molecular weight is 184 g/mol. The number of aromatic nitrogens is 2. The minimum Gasteiger partial charge on any atom is -0.303 e. The van der Waals surface area contributed by atoms with E-state index in [2.05, 4.69) is 9.59 Å². The summed E-state index contributed by atoms with van der Waals surface area (Å²) in [7, 11) is 0. The molecule has 0 amide bonds. The molecule has 66 valence electrons. The van der Waals surface area contributed by atoms with Gasteiger partial charge in [-0.3, -0.25) is 0 Å². The Hall–Kier alpha value is -0.770. The highest BCUT2D eigenvalue weighted by atomic mass is 32.1. The van der Waals surface area contributed by atoms with Gasteiger partial charge in [-0.05, 0) is 24.4 Å². The summed E-state index contributed by atoms with van der Waals surface area (Å²) in [5.41, 5.74) is -0.242. The van der Waals surface area contributed by atoms with E-state index in [1.165, 1.54) is 11.5 Å². The van der Waals surface area contributed by atoms with Crippen LogP contribution in [0.5, 0.6) is 0 Å². The van der Waals surface area contributed by atoms with E-state index in [9.17, 15) is 4.79 Å². The zero-order valence-corrected chi connectivity index (χ0v) is 8.10. The van der Waals surface area contributed by atoms with Gasteiger partial charge in [0.25, 0.3) is 0 Å². The number of rotatable bonds is 4. The Kier molecular flexibility index (Phi) is 2.92. The maximum Gasteiger partial charge on any atom is 0.126 e. The van der Waals surface area contributed by atoms with Gasteiger partial charge in [-0.15, -0.1) is 5.10 Å². The van der Waals surface area contributed by atoms with Crippen LogP contribution in [0.3, 0.4) is 0 Å². The van der Waals surface area contributed by atoms with Crippen LogP contribution in [-0.4, -0.2) is 15.9 Å². The van der Waals surface area contributed by atoms with Crippen molar-refractivity contribution < 1.29 is 4.79 Å². The SMILES string of the molecule is CCC(C)(C=O)Cc1cnns1. The van der Waals surface area contributed by atoms with E-state index in [4.69, 9.17) is 0 Å². The van der Waals surface area contributed by atoms with E-state index in [1.54, 1.807) is 6.20 Å². The summed E-state index contributed by atoms with van der Waals surface area (Å²) < 4.78 is 3.75. The fourth-order valence-electron chi connectivity index (χ4n) is 0.913. The molecule has 0 aliphatic rings. The van der Waals surface area contributed by atoms with Crippen molar-refractivity contribution in [2.75, 3.05) is 0 Å². The normalized spacial score (nSPS) is 15.5. The first-order valence-electron chi connectivity index (χ1n) is 3.93. The number of carbonyl (C=O) groups is 1. The zero-order valence-electron chi connectivity index (χ0n) is 7.28. The minimum atomic E-state index is -0.242. The van der Waals surface area contributed by atoms with Gasteiger partial charge in [-0.25, -0.2) is 0 Å². The third kappa shape index (κ3) is 2.11. The second-order valence-corrected chi connectivity index (χ2v) is 4.06. The summed E-state index contributed by atoms with van der Waals surface area (Å²) in [6.45, 7) is 3.97. The van der Waals surface area contributed by atoms with Crippen LogP contribution in [0.1, 0.15) is 25.1 Å². The van der Waals surface area contributed by atoms with Crippen molar-refractivity contribution in [1.29, 1.82) is 0 Å². The zero-order chi connectivity index (χ0) is 9.03. The molecule has 0 saturated carbocycles. The molecule has 1 atom stereocenters. The Morgan fingerprint density at radius 2 is 2.50 bits per heavy atom. The highest BCUT2D eigenvalue weighted by Gasteiger charge is 2.22. The number of aldehydes is 1. The van der Waals surface area contributed by atoms with Crippen molar-refractivity contribution in [1.82, 2.24) is 9.59 Å².